The summed E-state index contributed by atoms with van der Waals surface area (Å²) in [5, 5.41) is 1.04. The van der Waals surface area contributed by atoms with Crippen molar-refractivity contribution >= 4 is 23.6 Å². The summed E-state index contributed by atoms with van der Waals surface area (Å²) in [6.45, 7) is 9.99. The minimum Gasteiger partial charge on any atom is -0.336 e. The number of nitrogens with zero attached hydrogens (tertiary/aromatic N) is 4. The second kappa shape index (κ2) is 5.82. The highest BCUT2D eigenvalue weighted by Crippen LogP contribution is 2.19. The second-order valence-corrected chi connectivity index (χ2v) is 5.16. The van der Waals surface area contributed by atoms with E-state index in [1.54, 1.807) is 6.20 Å². The fraction of sp³-hybridized carbons (Fsp3) is 0.312. The Morgan fingerprint density at radius 3 is 2.80 bits per heavy atom. The molecule has 0 saturated heterocycles. The molecule has 0 bridgehead atoms. The molecule has 2 rings (SSSR count). The third kappa shape index (κ3) is 2.69. The van der Waals surface area contributed by atoms with Gasteiger partial charge >= 0.3 is 0 Å². The minimum atomic E-state index is 0.471. The van der Waals surface area contributed by atoms with Gasteiger partial charge in [0.05, 0.1) is 0 Å². The topological polar surface area (TPSA) is 42.5 Å². The van der Waals surface area contributed by atoms with E-state index in [1.165, 1.54) is 5.57 Å². The second-order valence-electron chi connectivity index (χ2n) is 5.16. The third-order valence-corrected chi connectivity index (χ3v) is 3.46. The molecule has 4 heteroatoms. The molecule has 2 heterocycles. The van der Waals surface area contributed by atoms with E-state index in [4.69, 9.17) is 0 Å². The predicted molar refractivity (Wildman–Crippen MR) is 85.4 cm³/mol. The molecule has 0 aromatic carbocycles. The van der Waals surface area contributed by atoms with Crippen molar-refractivity contribution in [1.29, 1.82) is 0 Å². The van der Waals surface area contributed by atoms with E-state index >= 15 is 0 Å². The number of fused-ring (bicyclic) bond motifs is 1. The lowest BCUT2D eigenvalue weighted by Crippen LogP contribution is -1.99. The summed E-state index contributed by atoms with van der Waals surface area (Å²) in [6, 6.07) is 3.95. The first-order chi connectivity index (χ1) is 9.54. The van der Waals surface area contributed by atoms with Gasteiger partial charge in [-0.05, 0) is 31.7 Å². The first-order valence-electron chi connectivity index (χ1n) is 6.66. The van der Waals surface area contributed by atoms with Crippen LogP contribution in [0.25, 0.3) is 11.0 Å². The maximum absolute atomic E-state index is 4.48. The third-order valence-electron chi connectivity index (χ3n) is 3.46. The summed E-state index contributed by atoms with van der Waals surface area (Å²) in [4.78, 5) is 12.9. The zero-order valence-corrected chi connectivity index (χ0v) is 12.5. The van der Waals surface area contributed by atoms with E-state index in [0.29, 0.717) is 11.8 Å². The molecule has 0 amide bonds. The van der Waals surface area contributed by atoms with Gasteiger partial charge < -0.3 is 4.57 Å². The molecule has 104 valence electrons. The Morgan fingerprint density at radius 2 is 2.15 bits per heavy atom. The van der Waals surface area contributed by atoms with Gasteiger partial charge in [0, 0.05) is 36.6 Å². The van der Waals surface area contributed by atoms with Gasteiger partial charge in [-0.25, -0.2) is 15.0 Å². The molecule has 0 aliphatic rings. The fourth-order valence-corrected chi connectivity index (χ4v) is 1.87. The Bertz CT molecular complexity index is 690. The van der Waals surface area contributed by atoms with E-state index in [9.17, 15) is 0 Å². The van der Waals surface area contributed by atoms with E-state index < -0.39 is 0 Å². The number of hydrogen-bond donors (Lipinski definition) is 0. The Morgan fingerprint density at radius 1 is 1.40 bits per heavy atom. The van der Waals surface area contributed by atoms with Crippen molar-refractivity contribution in [3.8, 4) is 0 Å². The van der Waals surface area contributed by atoms with Crippen LogP contribution in [0, 0.1) is 5.92 Å². The quantitative estimate of drug-likeness (QED) is 0.619. The number of hydrogen-bond acceptors (Lipinski definition) is 2. The standard InChI is InChI=1S/C16H20N4/c1-11(2)12(3)10-19-15(17-4)13-6-8-18-16-14(13)7-9-20(16)5/h6-11H,4H2,1-3,5H3/b12-10+,19-15-. The van der Waals surface area contributed by atoms with Gasteiger partial charge in [0.15, 0.2) is 5.84 Å². The number of aromatic nitrogens is 2. The largest absolute Gasteiger partial charge is 0.336 e. The molecule has 4 nitrogen and oxygen atoms in total. The maximum atomic E-state index is 4.48. The first kappa shape index (κ1) is 14.2. The Kier molecular flexibility index (Phi) is 4.13. The van der Waals surface area contributed by atoms with Crippen LogP contribution < -0.4 is 0 Å². The molecule has 2 aromatic heterocycles. The zero-order chi connectivity index (χ0) is 14.7. The van der Waals surface area contributed by atoms with Crippen LogP contribution in [0.3, 0.4) is 0 Å². The monoisotopic (exact) mass is 268 g/mol. The summed E-state index contributed by atoms with van der Waals surface area (Å²) in [5.41, 5.74) is 3.09. The van der Waals surface area contributed by atoms with E-state index in [2.05, 4.69) is 42.5 Å². The van der Waals surface area contributed by atoms with Gasteiger partial charge in [-0.2, -0.15) is 0 Å². The molecule has 0 aliphatic carbocycles. The summed E-state index contributed by atoms with van der Waals surface area (Å²) in [5.74, 6) is 1.10. The summed E-state index contributed by atoms with van der Waals surface area (Å²) < 4.78 is 1.98. The zero-order valence-electron chi connectivity index (χ0n) is 12.5. The number of aryl methyl sites for hydroxylation is 1. The van der Waals surface area contributed by atoms with Crippen LogP contribution in [-0.4, -0.2) is 22.1 Å². The minimum absolute atomic E-state index is 0.471. The molecule has 0 fully saturated rings. The normalized spacial score (nSPS) is 13.2. The smallest absolute Gasteiger partial charge is 0.159 e. The van der Waals surface area contributed by atoms with Crippen molar-refractivity contribution in [2.75, 3.05) is 0 Å². The summed E-state index contributed by atoms with van der Waals surface area (Å²) in [7, 11) is 1.97. The van der Waals surface area contributed by atoms with Crippen LogP contribution in [-0.2, 0) is 7.05 Å². The van der Waals surface area contributed by atoms with E-state index in [1.807, 2.05) is 36.1 Å². The fourth-order valence-electron chi connectivity index (χ4n) is 1.87. The molecule has 0 radical (unpaired) electrons. The molecule has 20 heavy (non-hydrogen) atoms. The molecular weight excluding hydrogens is 248 g/mol. The van der Waals surface area contributed by atoms with Gasteiger partial charge in [-0.3, -0.25) is 0 Å². The van der Waals surface area contributed by atoms with E-state index in [-0.39, 0.29) is 0 Å². The Hall–Kier alpha value is -2.23. The lowest BCUT2D eigenvalue weighted by molar-refractivity contribution is 0.766. The molecule has 0 atom stereocenters. The van der Waals surface area contributed by atoms with Gasteiger partial charge in [0.2, 0.25) is 0 Å². The number of amidine groups is 1. The number of allylic oxidation sites excluding steroid dienone is 1. The summed E-state index contributed by atoms with van der Waals surface area (Å²) in [6.07, 6.45) is 5.62. The van der Waals surface area contributed by atoms with Gasteiger partial charge in [-0.1, -0.05) is 19.4 Å². The lowest BCUT2D eigenvalue weighted by atomic mass is 10.1. The van der Waals surface area contributed by atoms with Crippen molar-refractivity contribution in [1.82, 2.24) is 9.55 Å². The van der Waals surface area contributed by atoms with Crippen LogP contribution in [0.15, 0.2) is 46.3 Å². The Balaban J connectivity index is 2.53. The molecule has 0 saturated carbocycles. The number of rotatable bonds is 3. The lowest BCUT2D eigenvalue weighted by Gasteiger charge is -2.04. The SMILES string of the molecule is C=N/C(=N\C=C(/C)C(C)C)c1ccnc2c1ccn2C. The molecular formula is C16H20N4. The maximum Gasteiger partial charge on any atom is 0.159 e. The van der Waals surface area contributed by atoms with E-state index in [0.717, 1.165) is 16.6 Å². The summed E-state index contributed by atoms with van der Waals surface area (Å²) >= 11 is 0. The molecule has 0 spiro atoms. The van der Waals surface area contributed by atoms with Crippen LogP contribution in [0.4, 0.5) is 0 Å². The van der Waals surface area contributed by atoms with Gasteiger partial charge in [0.25, 0.3) is 0 Å². The highest BCUT2D eigenvalue weighted by Gasteiger charge is 2.09. The molecule has 0 unspecified atom stereocenters. The van der Waals surface area contributed by atoms with Crippen molar-refractivity contribution in [2.24, 2.45) is 23.0 Å². The molecule has 0 N–H and O–H groups in total. The van der Waals surface area contributed by atoms with Gasteiger partial charge in [0.1, 0.15) is 5.65 Å². The predicted octanol–water partition coefficient (Wildman–Crippen LogP) is 3.58. The first-order valence-corrected chi connectivity index (χ1v) is 6.66. The highest BCUT2D eigenvalue weighted by atomic mass is 15.0. The van der Waals surface area contributed by atoms with Crippen molar-refractivity contribution in [3.63, 3.8) is 0 Å². The molecule has 0 aliphatic heterocycles. The van der Waals surface area contributed by atoms with Crippen molar-refractivity contribution in [2.45, 2.75) is 20.8 Å². The number of pyridine rings is 1. The Labute approximate surface area is 119 Å². The molecule has 2 aromatic rings. The van der Waals surface area contributed by atoms with Crippen molar-refractivity contribution in [3.05, 3.63) is 41.9 Å². The van der Waals surface area contributed by atoms with Crippen LogP contribution in [0.1, 0.15) is 26.3 Å². The van der Waals surface area contributed by atoms with Gasteiger partial charge in [-0.15, -0.1) is 0 Å². The van der Waals surface area contributed by atoms with Crippen molar-refractivity contribution < 1.29 is 0 Å². The van der Waals surface area contributed by atoms with Crippen LogP contribution in [0.2, 0.25) is 0 Å². The average molecular weight is 268 g/mol. The highest BCUT2D eigenvalue weighted by molar-refractivity contribution is 6.10. The number of aliphatic imine (C=N–C) groups is 2. The van der Waals surface area contributed by atoms with Crippen LogP contribution >= 0.6 is 0 Å². The average Bonchev–Trinajstić information content (AvgIpc) is 2.81. The van der Waals surface area contributed by atoms with Crippen LogP contribution in [0.5, 0.6) is 0 Å².